The number of anilines is 1. The highest BCUT2D eigenvalue weighted by Gasteiger charge is 2.09. The van der Waals surface area contributed by atoms with Gasteiger partial charge in [-0.15, -0.1) is 0 Å². The molecule has 0 fully saturated rings. The summed E-state index contributed by atoms with van der Waals surface area (Å²) in [5.74, 6) is 0. The van der Waals surface area contributed by atoms with Crippen LogP contribution in [0.4, 0.5) is 5.69 Å². The van der Waals surface area contributed by atoms with E-state index in [0.717, 1.165) is 29.3 Å². The molecule has 0 saturated carbocycles. The molecule has 2 aromatic carbocycles. The average molecular weight is 317 g/mol. The molecule has 3 aromatic rings. The average Bonchev–Trinajstić information content (AvgIpc) is 2.65. The van der Waals surface area contributed by atoms with Gasteiger partial charge in [-0.2, -0.15) is 5.26 Å². The standard InChI is InChI=1S/C20H19N3O/c21-13-20-19-9-8-17(12-16(19)10-11-22-20)23-18(14-24)7-6-15-4-2-1-3-5-15/h1-5,8-12,18,23-24H,6-7,14H2/t18-/m0/s1. The smallest absolute Gasteiger partial charge is 0.148 e. The van der Waals surface area contributed by atoms with Crippen LogP contribution in [0.25, 0.3) is 10.8 Å². The first-order valence-electron chi connectivity index (χ1n) is 8.00. The predicted octanol–water partition coefficient (Wildman–Crippen LogP) is 3.51. The SMILES string of the molecule is N#Cc1nccc2cc(N[C@H](CO)CCc3ccccc3)ccc12. The van der Waals surface area contributed by atoms with Crippen LogP contribution in [-0.2, 0) is 6.42 Å². The Morgan fingerprint density at radius 2 is 1.96 bits per heavy atom. The lowest BCUT2D eigenvalue weighted by Gasteiger charge is -2.18. The maximum Gasteiger partial charge on any atom is 0.148 e. The lowest BCUT2D eigenvalue weighted by Crippen LogP contribution is -2.24. The van der Waals surface area contributed by atoms with Crippen molar-refractivity contribution < 1.29 is 5.11 Å². The third kappa shape index (κ3) is 3.70. The molecule has 0 amide bonds. The second-order valence-electron chi connectivity index (χ2n) is 5.76. The Bertz CT molecular complexity index is 856. The van der Waals surface area contributed by atoms with Gasteiger partial charge in [-0.1, -0.05) is 30.3 Å². The monoisotopic (exact) mass is 317 g/mol. The van der Waals surface area contributed by atoms with E-state index >= 15 is 0 Å². The fourth-order valence-electron chi connectivity index (χ4n) is 2.79. The van der Waals surface area contributed by atoms with E-state index < -0.39 is 0 Å². The number of hydrogen-bond acceptors (Lipinski definition) is 4. The number of fused-ring (bicyclic) bond motifs is 1. The highest BCUT2D eigenvalue weighted by Crippen LogP contribution is 2.22. The number of nitrogens with one attached hydrogen (secondary N) is 1. The minimum atomic E-state index is -0.0140. The molecule has 4 nitrogen and oxygen atoms in total. The fourth-order valence-corrected chi connectivity index (χ4v) is 2.79. The van der Waals surface area contributed by atoms with Crippen LogP contribution >= 0.6 is 0 Å². The lowest BCUT2D eigenvalue weighted by molar-refractivity contribution is 0.269. The number of aliphatic hydroxyl groups is 1. The van der Waals surface area contributed by atoms with Crippen LogP contribution in [-0.4, -0.2) is 22.7 Å². The van der Waals surface area contributed by atoms with Crippen molar-refractivity contribution in [2.75, 3.05) is 11.9 Å². The van der Waals surface area contributed by atoms with E-state index in [-0.39, 0.29) is 12.6 Å². The maximum absolute atomic E-state index is 9.65. The molecular formula is C20H19N3O. The zero-order chi connectivity index (χ0) is 16.8. The van der Waals surface area contributed by atoms with Gasteiger partial charge in [0.2, 0.25) is 0 Å². The van der Waals surface area contributed by atoms with Gasteiger partial charge in [0, 0.05) is 23.3 Å². The highest BCUT2D eigenvalue weighted by molar-refractivity contribution is 5.89. The Hall–Kier alpha value is -2.90. The van der Waals surface area contributed by atoms with Crippen molar-refractivity contribution in [1.29, 1.82) is 5.26 Å². The van der Waals surface area contributed by atoms with Gasteiger partial charge in [-0.05, 0) is 48.1 Å². The van der Waals surface area contributed by atoms with E-state index in [1.807, 2.05) is 42.5 Å². The summed E-state index contributed by atoms with van der Waals surface area (Å²) >= 11 is 0. The largest absolute Gasteiger partial charge is 0.394 e. The zero-order valence-corrected chi connectivity index (χ0v) is 13.3. The number of nitriles is 1. The van der Waals surface area contributed by atoms with Gasteiger partial charge in [0.15, 0.2) is 0 Å². The first kappa shape index (κ1) is 16.0. The number of pyridine rings is 1. The molecule has 1 heterocycles. The molecule has 0 aliphatic rings. The molecular weight excluding hydrogens is 298 g/mol. The number of benzene rings is 2. The van der Waals surface area contributed by atoms with Crippen LogP contribution in [0.5, 0.6) is 0 Å². The minimum Gasteiger partial charge on any atom is -0.394 e. The molecule has 1 aromatic heterocycles. The van der Waals surface area contributed by atoms with Crippen molar-refractivity contribution >= 4 is 16.5 Å². The minimum absolute atomic E-state index is 0.0140. The first-order chi connectivity index (χ1) is 11.8. The van der Waals surface area contributed by atoms with Gasteiger partial charge in [0.1, 0.15) is 11.8 Å². The van der Waals surface area contributed by atoms with Crippen LogP contribution in [0.2, 0.25) is 0 Å². The van der Waals surface area contributed by atoms with E-state index in [4.69, 9.17) is 5.26 Å². The summed E-state index contributed by atoms with van der Waals surface area (Å²) in [4.78, 5) is 4.07. The van der Waals surface area contributed by atoms with Gasteiger partial charge in [-0.25, -0.2) is 4.98 Å². The number of aryl methyl sites for hydroxylation is 1. The normalized spacial score (nSPS) is 11.8. The van der Waals surface area contributed by atoms with Gasteiger partial charge >= 0.3 is 0 Å². The van der Waals surface area contributed by atoms with Gasteiger partial charge in [0.25, 0.3) is 0 Å². The third-order valence-electron chi connectivity index (χ3n) is 4.09. The fraction of sp³-hybridized carbons (Fsp3) is 0.200. The molecule has 0 aliphatic carbocycles. The van der Waals surface area contributed by atoms with Gasteiger partial charge < -0.3 is 10.4 Å². The molecule has 1 atom stereocenters. The van der Waals surface area contributed by atoms with Crippen molar-refractivity contribution in [2.45, 2.75) is 18.9 Å². The van der Waals surface area contributed by atoms with Crippen LogP contribution < -0.4 is 5.32 Å². The molecule has 120 valence electrons. The van der Waals surface area contributed by atoms with Crippen LogP contribution in [0.3, 0.4) is 0 Å². The second kappa shape index (κ2) is 7.58. The molecule has 4 heteroatoms. The number of nitrogens with zero attached hydrogens (tertiary/aromatic N) is 2. The summed E-state index contributed by atoms with van der Waals surface area (Å²) in [5, 5.41) is 23.9. The summed E-state index contributed by atoms with van der Waals surface area (Å²) in [6, 6.07) is 20.1. The Kier molecular flexibility index (Phi) is 5.05. The summed E-state index contributed by atoms with van der Waals surface area (Å²) in [7, 11) is 0. The van der Waals surface area contributed by atoms with Crippen molar-refractivity contribution in [2.24, 2.45) is 0 Å². The molecule has 0 spiro atoms. The predicted molar refractivity (Wildman–Crippen MR) is 95.7 cm³/mol. The van der Waals surface area contributed by atoms with Crippen molar-refractivity contribution in [3.8, 4) is 6.07 Å². The number of hydrogen-bond donors (Lipinski definition) is 2. The summed E-state index contributed by atoms with van der Waals surface area (Å²) in [6.45, 7) is 0.0741. The van der Waals surface area contributed by atoms with Gasteiger partial charge in [0.05, 0.1) is 6.61 Å². The third-order valence-corrected chi connectivity index (χ3v) is 4.09. The molecule has 0 radical (unpaired) electrons. The van der Waals surface area contributed by atoms with Crippen molar-refractivity contribution in [3.63, 3.8) is 0 Å². The zero-order valence-electron chi connectivity index (χ0n) is 13.3. The van der Waals surface area contributed by atoms with E-state index in [1.54, 1.807) is 6.20 Å². The van der Waals surface area contributed by atoms with Crippen LogP contribution in [0.15, 0.2) is 60.8 Å². The first-order valence-corrected chi connectivity index (χ1v) is 8.00. The van der Waals surface area contributed by atoms with Gasteiger partial charge in [-0.3, -0.25) is 0 Å². The topological polar surface area (TPSA) is 68.9 Å². The molecule has 24 heavy (non-hydrogen) atoms. The molecule has 2 N–H and O–H groups in total. The summed E-state index contributed by atoms with van der Waals surface area (Å²) in [6.07, 6.45) is 3.40. The number of rotatable bonds is 6. The molecule has 0 aliphatic heterocycles. The number of aliphatic hydroxyl groups excluding tert-OH is 1. The lowest BCUT2D eigenvalue weighted by atomic mass is 10.0. The summed E-state index contributed by atoms with van der Waals surface area (Å²) in [5.41, 5.74) is 2.63. The van der Waals surface area contributed by atoms with E-state index in [0.29, 0.717) is 5.69 Å². The maximum atomic E-state index is 9.65. The van der Waals surface area contributed by atoms with E-state index in [1.165, 1.54) is 5.56 Å². The Labute approximate surface area is 141 Å². The molecule has 0 bridgehead atoms. The van der Waals surface area contributed by atoms with E-state index in [9.17, 15) is 5.11 Å². The molecule has 0 saturated heterocycles. The molecule has 0 unspecified atom stereocenters. The van der Waals surface area contributed by atoms with Crippen LogP contribution in [0, 0.1) is 11.3 Å². The van der Waals surface area contributed by atoms with E-state index in [2.05, 4.69) is 28.5 Å². The Balaban J connectivity index is 1.71. The van der Waals surface area contributed by atoms with Crippen LogP contribution in [0.1, 0.15) is 17.7 Å². The molecule has 3 rings (SSSR count). The second-order valence-corrected chi connectivity index (χ2v) is 5.76. The van der Waals surface area contributed by atoms with Crippen molar-refractivity contribution in [3.05, 3.63) is 72.1 Å². The summed E-state index contributed by atoms with van der Waals surface area (Å²) < 4.78 is 0. The Morgan fingerprint density at radius 3 is 2.71 bits per heavy atom. The quantitative estimate of drug-likeness (QED) is 0.730. The number of aromatic nitrogens is 1. The highest BCUT2D eigenvalue weighted by atomic mass is 16.3. The Morgan fingerprint density at radius 1 is 1.12 bits per heavy atom. The van der Waals surface area contributed by atoms with Crippen molar-refractivity contribution in [1.82, 2.24) is 4.98 Å².